The Labute approximate surface area is 120 Å². The summed E-state index contributed by atoms with van der Waals surface area (Å²) in [5.74, 6) is -2.88. The first-order chi connectivity index (χ1) is 9.12. The second-order valence-electron chi connectivity index (χ2n) is 4.17. The zero-order chi connectivity index (χ0) is 15.5. The Kier molecular flexibility index (Phi) is 5.46. The number of hydrogen-bond donors (Lipinski definition) is 3. The summed E-state index contributed by atoms with van der Waals surface area (Å²) in [6.45, 7) is 1.14. The summed E-state index contributed by atoms with van der Waals surface area (Å²) in [6.07, 6.45) is -1.43. The molecule has 0 bridgehead atoms. The Morgan fingerprint density at radius 1 is 1.50 bits per heavy atom. The van der Waals surface area contributed by atoms with Gasteiger partial charge in [0.25, 0.3) is 0 Å². The molecule has 0 unspecified atom stereocenters. The van der Waals surface area contributed by atoms with Crippen LogP contribution in [0, 0.1) is 5.82 Å². The van der Waals surface area contributed by atoms with Gasteiger partial charge >= 0.3 is 5.97 Å². The van der Waals surface area contributed by atoms with Crippen LogP contribution in [0.4, 0.5) is 4.39 Å². The number of carboxylic acid groups (broad SMARTS) is 1. The number of carbonyl (C=O) groups is 1. The van der Waals surface area contributed by atoms with Crippen molar-refractivity contribution in [3.8, 4) is 0 Å². The molecule has 0 aliphatic rings. The average molecular weight is 326 g/mol. The van der Waals surface area contributed by atoms with Crippen molar-refractivity contribution in [3.05, 3.63) is 34.6 Å². The lowest BCUT2D eigenvalue weighted by molar-refractivity contribution is -0.141. The number of sulfonamides is 1. The van der Waals surface area contributed by atoms with E-state index in [9.17, 15) is 22.7 Å². The average Bonchev–Trinajstić information content (AvgIpc) is 2.30. The Morgan fingerprint density at radius 2 is 2.10 bits per heavy atom. The molecule has 0 amide bonds. The minimum absolute atomic E-state index is 0.00565. The van der Waals surface area contributed by atoms with E-state index in [0.717, 1.165) is 19.1 Å². The molecule has 1 aromatic rings. The zero-order valence-corrected chi connectivity index (χ0v) is 11.9. The van der Waals surface area contributed by atoms with Gasteiger partial charge < -0.3 is 10.2 Å². The molecule has 20 heavy (non-hydrogen) atoms. The smallest absolute Gasteiger partial charge is 0.324 e. The van der Waals surface area contributed by atoms with Crippen LogP contribution >= 0.6 is 11.6 Å². The quantitative estimate of drug-likeness (QED) is 0.715. The van der Waals surface area contributed by atoms with Crippen LogP contribution in [0.5, 0.6) is 0 Å². The molecule has 0 aliphatic carbocycles. The first-order valence-corrected chi connectivity index (χ1v) is 7.50. The Balaban J connectivity index is 2.95. The maximum atomic E-state index is 13.0. The third-order valence-electron chi connectivity index (χ3n) is 2.41. The highest BCUT2D eigenvalue weighted by Crippen LogP contribution is 2.19. The predicted octanol–water partition coefficient (Wildman–Crippen LogP) is 0.732. The molecule has 0 radical (unpaired) electrons. The Hall–Kier alpha value is -1.22. The maximum absolute atomic E-state index is 13.0. The first-order valence-electron chi connectivity index (χ1n) is 5.47. The number of aliphatic carboxylic acids is 1. The fraction of sp³-hybridized carbons (Fsp3) is 0.364. The standard InChI is InChI=1S/C11H13ClFNO5S/c1-6(15)10(11(16)17)14-20(18,19)5-7-4-8(13)2-3-9(7)12/h2-4,6,10,14-15H,5H2,1H3,(H,16,17)/t6-,10-/m0/s1. The van der Waals surface area contributed by atoms with Gasteiger partial charge in [0.15, 0.2) is 0 Å². The number of nitrogens with one attached hydrogen (secondary N) is 1. The molecule has 0 aliphatic heterocycles. The van der Waals surface area contributed by atoms with E-state index in [1.54, 1.807) is 0 Å². The number of rotatable bonds is 6. The van der Waals surface area contributed by atoms with Gasteiger partial charge in [-0.1, -0.05) is 11.6 Å². The lowest BCUT2D eigenvalue weighted by Gasteiger charge is -2.17. The molecular weight excluding hydrogens is 313 g/mol. The molecule has 0 saturated heterocycles. The van der Waals surface area contributed by atoms with Crippen LogP contribution < -0.4 is 4.72 Å². The first kappa shape index (κ1) is 16.8. The molecule has 0 saturated carbocycles. The van der Waals surface area contributed by atoms with Gasteiger partial charge in [0.05, 0.1) is 11.9 Å². The van der Waals surface area contributed by atoms with Crippen LogP contribution in [0.3, 0.4) is 0 Å². The van der Waals surface area contributed by atoms with Crippen molar-refractivity contribution in [3.63, 3.8) is 0 Å². The highest BCUT2D eigenvalue weighted by molar-refractivity contribution is 7.88. The molecule has 0 fully saturated rings. The van der Waals surface area contributed by atoms with Gasteiger partial charge in [0, 0.05) is 5.02 Å². The van der Waals surface area contributed by atoms with Gasteiger partial charge in [-0.25, -0.2) is 12.8 Å². The van der Waals surface area contributed by atoms with Gasteiger partial charge in [-0.15, -0.1) is 0 Å². The summed E-state index contributed by atoms with van der Waals surface area (Å²) in [6, 6.07) is 1.53. The van der Waals surface area contributed by atoms with Crippen molar-refractivity contribution in [2.75, 3.05) is 0 Å². The van der Waals surface area contributed by atoms with Crippen molar-refractivity contribution in [2.24, 2.45) is 0 Å². The van der Waals surface area contributed by atoms with Crippen molar-refractivity contribution in [2.45, 2.75) is 24.8 Å². The van der Waals surface area contributed by atoms with Crippen LogP contribution in [-0.4, -0.2) is 36.7 Å². The van der Waals surface area contributed by atoms with Gasteiger partial charge in [-0.2, -0.15) is 4.72 Å². The van der Waals surface area contributed by atoms with Gasteiger partial charge in [0.2, 0.25) is 10.0 Å². The molecule has 9 heteroatoms. The Bertz CT molecular complexity index is 605. The van der Waals surface area contributed by atoms with E-state index in [4.69, 9.17) is 16.7 Å². The summed E-state index contributed by atoms with van der Waals surface area (Å²) in [7, 11) is -4.11. The summed E-state index contributed by atoms with van der Waals surface area (Å²) < 4.78 is 38.5. The lowest BCUT2D eigenvalue weighted by atomic mass is 10.2. The maximum Gasteiger partial charge on any atom is 0.324 e. The van der Waals surface area contributed by atoms with Gasteiger partial charge in [-0.05, 0) is 30.7 Å². The third-order valence-corrected chi connectivity index (χ3v) is 4.08. The number of halogens is 2. The normalized spacial score (nSPS) is 14.8. The minimum Gasteiger partial charge on any atom is -0.480 e. The highest BCUT2D eigenvalue weighted by atomic mass is 35.5. The summed E-state index contributed by atoms with van der Waals surface area (Å²) in [4.78, 5) is 10.8. The predicted molar refractivity (Wildman–Crippen MR) is 70.3 cm³/mol. The van der Waals surface area contributed by atoms with E-state index >= 15 is 0 Å². The monoisotopic (exact) mass is 325 g/mol. The largest absolute Gasteiger partial charge is 0.480 e. The zero-order valence-electron chi connectivity index (χ0n) is 10.4. The second kappa shape index (κ2) is 6.49. The van der Waals surface area contributed by atoms with Crippen LogP contribution in [0.1, 0.15) is 12.5 Å². The molecule has 112 valence electrons. The van der Waals surface area contributed by atoms with Crippen molar-refractivity contribution >= 4 is 27.6 Å². The molecule has 0 aromatic heterocycles. The third kappa shape index (κ3) is 4.71. The molecule has 1 aromatic carbocycles. The van der Waals surface area contributed by atoms with E-state index < -0.39 is 39.7 Å². The van der Waals surface area contributed by atoms with Crippen molar-refractivity contribution in [1.29, 1.82) is 0 Å². The summed E-state index contributed by atoms with van der Waals surface area (Å²) in [5.41, 5.74) is -0.00565. The number of hydrogen-bond acceptors (Lipinski definition) is 4. The van der Waals surface area contributed by atoms with Crippen molar-refractivity contribution < 1.29 is 27.8 Å². The number of benzene rings is 1. The lowest BCUT2D eigenvalue weighted by Crippen LogP contribution is -2.47. The van der Waals surface area contributed by atoms with E-state index in [1.165, 1.54) is 6.07 Å². The molecule has 0 spiro atoms. The van der Waals surface area contributed by atoms with Gasteiger partial charge in [0.1, 0.15) is 11.9 Å². The SMILES string of the molecule is C[C@H](O)[C@H](NS(=O)(=O)Cc1cc(F)ccc1Cl)C(=O)O. The van der Waals surface area contributed by atoms with E-state index in [0.29, 0.717) is 0 Å². The summed E-state index contributed by atoms with van der Waals surface area (Å²) in [5, 5.41) is 18.1. The van der Waals surface area contributed by atoms with Crippen LogP contribution in [0.15, 0.2) is 18.2 Å². The minimum atomic E-state index is -4.11. The molecule has 1 rings (SSSR count). The fourth-order valence-electron chi connectivity index (χ4n) is 1.45. The molecule has 0 heterocycles. The van der Waals surface area contributed by atoms with E-state index in [-0.39, 0.29) is 10.6 Å². The van der Waals surface area contributed by atoms with Crippen LogP contribution in [-0.2, 0) is 20.6 Å². The topological polar surface area (TPSA) is 104 Å². The van der Waals surface area contributed by atoms with Crippen molar-refractivity contribution in [1.82, 2.24) is 4.72 Å². The Morgan fingerprint density at radius 3 is 2.60 bits per heavy atom. The van der Waals surface area contributed by atoms with E-state index in [2.05, 4.69) is 0 Å². The number of aliphatic hydroxyl groups excluding tert-OH is 1. The molecular formula is C11H13ClFNO5S. The van der Waals surface area contributed by atoms with Gasteiger partial charge in [-0.3, -0.25) is 4.79 Å². The van der Waals surface area contributed by atoms with Crippen LogP contribution in [0.25, 0.3) is 0 Å². The van der Waals surface area contributed by atoms with E-state index in [1.807, 2.05) is 4.72 Å². The second-order valence-corrected chi connectivity index (χ2v) is 6.33. The fourth-order valence-corrected chi connectivity index (χ4v) is 3.13. The number of aliphatic hydroxyl groups is 1. The summed E-state index contributed by atoms with van der Waals surface area (Å²) >= 11 is 5.74. The number of carboxylic acids is 1. The highest BCUT2D eigenvalue weighted by Gasteiger charge is 2.28. The molecule has 2 atom stereocenters. The molecule has 6 nitrogen and oxygen atoms in total. The van der Waals surface area contributed by atoms with Crippen LogP contribution in [0.2, 0.25) is 5.02 Å². The molecule has 3 N–H and O–H groups in total.